The Bertz CT molecular complexity index is 1530. The van der Waals surface area contributed by atoms with E-state index in [1.54, 1.807) is 19.1 Å². The van der Waals surface area contributed by atoms with Gasteiger partial charge in [-0.1, -0.05) is 56.1 Å². The number of rotatable bonds is 6. The molecule has 1 N–H and O–H groups in total. The highest BCUT2D eigenvalue weighted by Gasteiger charge is 2.54. The number of hydrogen-bond donors (Lipinski definition) is 1. The molecule has 0 aromatic heterocycles. The Morgan fingerprint density at radius 2 is 1.95 bits per heavy atom. The summed E-state index contributed by atoms with van der Waals surface area (Å²) in [4.78, 5) is 44.3. The van der Waals surface area contributed by atoms with E-state index in [-0.39, 0.29) is 32.5 Å². The molecular weight excluding hydrogens is 594 g/mol. The molecule has 2 aromatic rings. The van der Waals surface area contributed by atoms with Gasteiger partial charge in [-0.05, 0) is 72.8 Å². The molecule has 0 saturated carbocycles. The second-order valence-corrected chi connectivity index (χ2v) is 12.6. The van der Waals surface area contributed by atoms with Crippen LogP contribution in [0, 0.1) is 27.8 Å². The lowest BCUT2D eigenvalue weighted by Gasteiger charge is -2.37. The Kier molecular flexibility index (Phi) is 7.92. The SMILES string of the molecule is CC(C)C1=C(C(=O)OC(=O)[C@H]2NCC[C@H]2C)SC2=N[C@@](C)(c3ccc(Cl)c([N+](=O)[O-])c3)[C@@H](c3ccc(Cl)c(F)c3)N21. The number of benzene rings is 2. The van der Waals surface area contributed by atoms with Crippen molar-refractivity contribution in [2.24, 2.45) is 16.8 Å². The maximum atomic E-state index is 14.8. The largest absolute Gasteiger partial charge is 0.388 e. The van der Waals surface area contributed by atoms with E-state index in [0.29, 0.717) is 28.5 Å². The van der Waals surface area contributed by atoms with Crippen molar-refractivity contribution in [2.45, 2.75) is 51.7 Å². The van der Waals surface area contributed by atoms with E-state index in [9.17, 15) is 24.1 Å². The van der Waals surface area contributed by atoms with Gasteiger partial charge in [-0.3, -0.25) is 10.1 Å². The minimum Gasteiger partial charge on any atom is -0.388 e. The molecule has 0 amide bonds. The Balaban J connectivity index is 1.61. The summed E-state index contributed by atoms with van der Waals surface area (Å²) in [5.74, 6) is -2.28. The van der Waals surface area contributed by atoms with Gasteiger partial charge in [-0.2, -0.15) is 0 Å². The number of carbonyl (C=O) groups excluding carboxylic acids is 2. The van der Waals surface area contributed by atoms with Crippen LogP contribution < -0.4 is 5.32 Å². The Hall–Kier alpha value is -2.99. The highest BCUT2D eigenvalue weighted by Crippen LogP contribution is 2.56. The number of fused-ring (bicyclic) bond motifs is 1. The van der Waals surface area contributed by atoms with E-state index in [2.05, 4.69) is 5.32 Å². The first-order valence-electron chi connectivity index (χ1n) is 13.0. The highest BCUT2D eigenvalue weighted by molar-refractivity contribution is 8.18. The first-order valence-corrected chi connectivity index (χ1v) is 14.6. The summed E-state index contributed by atoms with van der Waals surface area (Å²) in [7, 11) is 0. The minimum absolute atomic E-state index is 0.0273. The number of carbonyl (C=O) groups is 2. The highest BCUT2D eigenvalue weighted by atomic mass is 35.5. The summed E-state index contributed by atoms with van der Waals surface area (Å²) in [5.41, 5.74) is 0.0568. The van der Waals surface area contributed by atoms with Gasteiger partial charge >= 0.3 is 11.9 Å². The number of nitrogens with zero attached hydrogens (tertiary/aromatic N) is 3. The number of nitro groups is 1. The number of allylic oxidation sites excluding steroid dienone is 1. The maximum absolute atomic E-state index is 14.8. The molecule has 0 aliphatic carbocycles. The monoisotopic (exact) mass is 620 g/mol. The molecule has 0 spiro atoms. The smallest absolute Gasteiger partial charge is 0.354 e. The third-order valence-electron chi connectivity index (χ3n) is 7.71. The van der Waals surface area contributed by atoms with Crippen LogP contribution >= 0.6 is 35.0 Å². The van der Waals surface area contributed by atoms with Crippen molar-refractivity contribution in [3.05, 3.63) is 84.1 Å². The average Bonchev–Trinajstić information content (AvgIpc) is 3.57. The van der Waals surface area contributed by atoms with Crippen molar-refractivity contribution in [3.8, 4) is 0 Å². The number of amidine groups is 1. The van der Waals surface area contributed by atoms with Crippen molar-refractivity contribution in [1.82, 2.24) is 10.2 Å². The molecule has 3 aliphatic heterocycles. The van der Waals surface area contributed by atoms with Gasteiger partial charge in [0.15, 0.2) is 5.17 Å². The topological polar surface area (TPSA) is 114 Å². The molecule has 5 rings (SSSR count). The number of aliphatic imine (C=N–C) groups is 1. The standard InChI is InChI=1S/C28H27Cl2FN4O5S/c1-13(2)22-23(26(37)40-25(36)21-14(3)9-10-32-21)41-27-33-28(4,16-6-8-18(30)20(12-16)35(38)39)24(34(22)27)15-5-7-17(29)19(31)11-15/h5-8,11-14,21,24,32H,9-10H2,1-4H3/t14-,21+,24-,28+/m1/s1. The van der Waals surface area contributed by atoms with Crippen LogP contribution in [0.25, 0.3) is 0 Å². The fourth-order valence-corrected chi connectivity index (χ4v) is 7.21. The van der Waals surface area contributed by atoms with Crippen LogP contribution in [0.5, 0.6) is 0 Å². The van der Waals surface area contributed by atoms with Crippen LogP contribution in [0.15, 0.2) is 52.0 Å². The van der Waals surface area contributed by atoms with Crippen molar-refractivity contribution >= 4 is 57.8 Å². The number of ether oxygens (including phenoxy) is 1. The van der Waals surface area contributed by atoms with Gasteiger partial charge in [-0.25, -0.2) is 19.0 Å². The quantitative estimate of drug-likeness (QED) is 0.172. The molecule has 3 aliphatic rings. The van der Waals surface area contributed by atoms with Crippen molar-refractivity contribution in [2.75, 3.05) is 6.54 Å². The van der Waals surface area contributed by atoms with E-state index in [1.165, 1.54) is 24.3 Å². The van der Waals surface area contributed by atoms with E-state index >= 15 is 0 Å². The summed E-state index contributed by atoms with van der Waals surface area (Å²) in [6, 6.07) is 7.53. The molecule has 4 atom stereocenters. The predicted molar refractivity (Wildman–Crippen MR) is 155 cm³/mol. The van der Waals surface area contributed by atoms with Gasteiger partial charge in [0.1, 0.15) is 27.3 Å². The second kappa shape index (κ2) is 11.0. The zero-order chi connectivity index (χ0) is 29.8. The number of hydrogen-bond acceptors (Lipinski definition) is 9. The molecule has 41 heavy (non-hydrogen) atoms. The van der Waals surface area contributed by atoms with E-state index in [1.807, 2.05) is 25.7 Å². The minimum atomic E-state index is -1.16. The second-order valence-electron chi connectivity index (χ2n) is 10.8. The number of thioether (sulfide) groups is 1. The van der Waals surface area contributed by atoms with Crippen molar-refractivity contribution in [3.63, 3.8) is 0 Å². The summed E-state index contributed by atoms with van der Waals surface area (Å²) < 4.78 is 20.1. The van der Waals surface area contributed by atoms with E-state index in [0.717, 1.165) is 18.2 Å². The molecule has 0 radical (unpaired) electrons. The first-order chi connectivity index (χ1) is 19.3. The van der Waals surface area contributed by atoms with Gasteiger partial charge in [0, 0.05) is 11.8 Å². The Morgan fingerprint density at radius 1 is 1.24 bits per heavy atom. The molecular formula is C28H27Cl2FN4O5S. The van der Waals surface area contributed by atoms with Gasteiger partial charge in [0.25, 0.3) is 5.69 Å². The van der Waals surface area contributed by atoms with Crippen LogP contribution in [0.1, 0.15) is 51.3 Å². The lowest BCUT2D eigenvalue weighted by molar-refractivity contribution is -0.384. The number of nitro benzene ring substituents is 1. The lowest BCUT2D eigenvalue weighted by atomic mass is 9.81. The maximum Gasteiger partial charge on any atom is 0.354 e. The third kappa shape index (κ3) is 5.13. The van der Waals surface area contributed by atoms with E-state index < -0.39 is 40.3 Å². The zero-order valence-electron chi connectivity index (χ0n) is 22.6. The number of esters is 2. The zero-order valence-corrected chi connectivity index (χ0v) is 24.9. The molecule has 0 bridgehead atoms. The molecule has 3 heterocycles. The van der Waals surface area contributed by atoms with Gasteiger partial charge in [0.05, 0.1) is 16.0 Å². The van der Waals surface area contributed by atoms with Gasteiger partial charge in [-0.15, -0.1) is 0 Å². The lowest BCUT2D eigenvalue weighted by Crippen LogP contribution is -2.38. The summed E-state index contributed by atoms with van der Waals surface area (Å²) in [6.07, 6.45) is 0.800. The molecule has 13 heteroatoms. The fourth-order valence-electron chi connectivity index (χ4n) is 5.63. The Morgan fingerprint density at radius 3 is 2.56 bits per heavy atom. The van der Waals surface area contributed by atoms with Crippen LogP contribution in [-0.2, 0) is 19.9 Å². The normalized spacial score (nSPS) is 25.5. The van der Waals surface area contributed by atoms with Crippen molar-refractivity contribution in [1.29, 1.82) is 0 Å². The molecule has 2 aromatic carbocycles. The summed E-state index contributed by atoms with van der Waals surface area (Å²) >= 11 is 13.2. The Labute approximate surface area is 250 Å². The first kappa shape index (κ1) is 29.5. The molecule has 1 fully saturated rings. The summed E-state index contributed by atoms with van der Waals surface area (Å²) in [6.45, 7) is 8.14. The van der Waals surface area contributed by atoms with Crippen LogP contribution in [0.4, 0.5) is 10.1 Å². The number of nitrogens with one attached hydrogen (secondary N) is 1. The van der Waals surface area contributed by atoms with Crippen LogP contribution in [0.3, 0.4) is 0 Å². The van der Waals surface area contributed by atoms with Gasteiger partial charge < -0.3 is 15.0 Å². The molecule has 0 unspecified atom stereocenters. The van der Waals surface area contributed by atoms with Crippen LogP contribution in [-0.4, -0.2) is 39.5 Å². The summed E-state index contributed by atoms with van der Waals surface area (Å²) in [5, 5.41) is 15.1. The molecule has 216 valence electrons. The van der Waals surface area contributed by atoms with E-state index in [4.69, 9.17) is 32.9 Å². The third-order valence-corrected chi connectivity index (χ3v) is 9.39. The predicted octanol–water partition coefficient (Wildman–Crippen LogP) is 6.35. The molecule has 1 saturated heterocycles. The van der Waals surface area contributed by atoms with Crippen molar-refractivity contribution < 1.29 is 23.6 Å². The van der Waals surface area contributed by atoms with Crippen LogP contribution in [0.2, 0.25) is 10.0 Å². The van der Waals surface area contributed by atoms with Gasteiger partial charge in [0.2, 0.25) is 0 Å². The molecule has 9 nitrogen and oxygen atoms in total. The average molecular weight is 622 g/mol. The fraction of sp³-hybridized carbons (Fsp3) is 0.393. The number of halogens is 3.